The summed E-state index contributed by atoms with van der Waals surface area (Å²) in [6, 6.07) is 13.6. The second kappa shape index (κ2) is 6.92. The van der Waals surface area contributed by atoms with Crippen LogP contribution in [-0.2, 0) is 13.6 Å². The highest BCUT2D eigenvalue weighted by molar-refractivity contribution is 7.13. The molecule has 1 amide bonds. The highest BCUT2D eigenvalue weighted by Gasteiger charge is 2.16. The van der Waals surface area contributed by atoms with Crippen LogP contribution >= 0.6 is 11.3 Å². The predicted octanol–water partition coefficient (Wildman–Crippen LogP) is 4.51. The number of carbonyl (C=O) groups is 1. The van der Waals surface area contributed by atoms with Gasteiger partial charge in [0.2, 0.25) is 0 Å². The van der Waals surface area contributed by atoms with E-state index in [0.29, 0.717) is 5.01 Å². The zero-order chi connectivity index (χ0) is 19.0. The summed E-state index contributed by atoms with van der Waals surface area (Å²) in [5.41, 5.74) is 2.02. The van der Waals surface area contributed by atoms with E-state index >= 15 is 0 Å². The number of fused-ring (bicyclic) bond motifs is 1. The first-order chi connectivity index (χ1) is 13.0. The van der Waals surface area contributed by atoms with E-state index in [1.54, 1.807) is 5.38 Å². The lowest BCUT2D eigenvalue weighted by molar-refractivity contribution is 0.0946. The van der Waals surface area contributed by atoms with Crippen molar-refractivity contribution in [1.29, 1.82) is 0 Å². The van der Waals surface area contributed by atoms with Crippen molar-refractivity contribution in [1.82, 2.24) is 14.9 Å². The predicted molar refractivity (Wildman–Crippen MR) is 102 cm³/mol. The van der Waals surface area contributed by atoms with Crippen molar-refractivity contribution < 1.29 is 13.6 Å². The van der Waals surface area contributed by atoms with Gasteiger partial charge in [0, 0.05) is 35.4 Å². The van der Waals surface area contributed by atoms with Crippen molar-refractivity contribution >= 4 is 28.1 Å². The number of carbonyl (C=O) groups excluding carboxylic acids is 1. The lowest BCUT2D eigenvalue weighted by atomic mass is 10.2. The van der Waals surface area contributed by atoms with Gasteiger partial charge in [0.25, 0.3) is 5.91 Å². The van der Waals surface area contributed by atoms with E-state index in [1.165, 1.54) is 17.4 Å². The number of aryl methyl sites for hydroxylation is 1. The van der Waals surface area contributed by atoms with Crippen LogP contribution in [0.15, 0.2) is 53.9 Å². The minimum absolute atomic E-state index is 0.171. The Labute approximate surface area is 158 Å². The fourth-order valence-electron chi connectivity index (χ4n) is 2.95. The molecule has 7 heteroatoms. The molecule has 0 aliphatic heterocycles. The summed E-state index contributed by atoms with van der Waals surface area (Å²) in [4.78, 5) is 16.7. The van der Waals surface area contributed by atoms with Gasteiger partial charge in [0.05, 0.1) is 5.69 Å². The third-order valence-corrected chi connectivity index (χ3v) is 5.26. The molecule has 2 heterocycles. The Balaban J connectivity index is 1.55. The topological polar surface area (TPSA) is 46.9 Å². The summed E-state index contributed by atoms with van der Waals surface area (Å²) in [5.74, 6) is -1.85. The molecule has 0 aliphatic carbocycles. The average molecular weight is 383 g/mol. The van der Waals surface area contributed by atoms with Gasteiger partial charge in [-0.2, -0.15) is 0 Å². The SMILES string of the molecule is Cn1c(-c2nc(C(=O)NCc3c(F)cccc3F)cs2)cc2ccccc21. The molecule has 0 fully saturated rings. The van der Waals surface area contributed by atoms with Gasteiger partial charge in [0.15, 0.2) is 0 Å². The maximum Gasteiger partial charge on any atom is 0.271 e. The van der Waals surface area contributed by atoms with Crippen LogP contribution in [0, 0.1) is 11.6 Å². The summed E-state index contributed by atoms with van der Waals surface area (Å²) in [6.45, 7) is -0.238. The Morgan fingerprint density at radius 2 is 1.89 bits per heavy atom. The highest BCUT2D eigenvalue weighted by atomic mass is 32.1. The number of nitrogens with zero attached hydrogens (tertiary/aromatic N) is 2. The van der Waals surface area contributed by atoms with Crippen molar-refractivity contribution in [3.63, 3.8) is 0 Å². The molecule has 0 saturated carbocycles. The number of hydrogen-bond acceptors (Lipinski definition) is 3. The van der Waals surface area contributed by atoms with E-state index in [9.17, 15) is 13.6 Å². The summed E-state index contributed by atoms with van der Waals surface area (Å²) in [6.07, 6.45) is 0. The number of halogens is 2. The molecular weight excluding hydrogens is 368 g/mol. The number of nitrogens with one attached hydrogen (secondary N) is 1. The molecule has 1 N–H and O–H groups in total. The van der Waals surface area contributed by atoms with Crippen molar-refractivity contribution in [2.24, 2.45) is 7.05 Å². The average Bonchev–Trinajstić information content (AvgIpc) is 3.27. The Hall–Kier alpha value is -3.06. The molecule has 27 heavy (non-hydrogen) atoms. The number of thiazole rings is 1. The maximum absolute atomic E-state index is 13.7. The fourth-order valence-corrected chi connectivity index (χ4v) is 3.80. The molecule has 0 radical (unpaired) electrons. The van der Waals surface area contributed by atoms with Gasteiger partial charge in [-0.05, 0) is 24.3 Å². The first kappa shape index (κ1) is 17.4. The lowest BCUT2D eigenvalue weighted by Gasteiger charge is -2.06. The summed E-state index contributed by atoms with van der Waals surface area (Å²) in [5, 5.41) is 5.95. The Morgan fingerprint density at radius 1 is 1.15 bits per heavy atom. The van der Waals surface area contributed by atoms with E-state index in [4.69, 9.17) is 0 Å². The molecule has 0 bridgehead atoms. The number of rotatable bonds is 4. The van der Waals surface area contributed by atoms with Crippen LogP contribution in [-0.4, -0.2) is 15.5 Å². The molecule has 2 aromatic heterocycles. The van der Waals surface area contributed by atoms with Gasteiger partial charge in [0.1, 0.15) is 22.3 Å². The largest absolute Gasteiger partial charge is 0.346 e. The standard InChI is InChI=1S/C20H15F2N3OS/c1-25-17-8-3-2-5-12(17)9-18(25)20-24-16(11-27-20)19(26)23-10-13-14(21)6-4-7-15(13)22/h2-9,11H,10H2,1H3,(H,23,26). The Bertz CT molecular complexity index is 1130. The van der Waals surface area contributed by atoms with Gasteiger partial charge >= 0.3 is 0 Å². The smallest absolute Gasteiger partial charge is 0.271 e. The quantitative estimate of drug-likeness (QED) is 0.564. The Morgan fingerprint density at radius 3 is 2.63 bits per heavy atom. The maximum atomic E-state index is 13.7. The zero-order valence-electron chi connectivity index (χ0n) is 14.4. The summed E-state index contributed by atoms with van der Waals surface area (Å²) >= 11 is 1.35. The molecule has 4 nitrogen and oxygen atoms in total. The molecule has 0 spiro atoms. The molecule has 2 aromatic carbocycles. The first-order valence-electron chi connectivity index (χ1n) is 8.26. The monoisotopic (exact) mass is 383 g/mol. The minimum Gasteiger partial charge on any atom is -0.346 e. The minimum atomic E-state index is -0.690. The zero-order valence-corrected chi connectivity index (χ0v) is 15.2. The molecule has 0 atom stereocenters. The molecule has 0 saturated heterocycles. The Kier molecular flexibility index (Phi) is 4.45. The van der Waals surface area contributed by atoms with Crippen molar-refractivity contribution in [3.05, 3.63) is 76.8 Å². The third-order valence-electron chi connectivity index (χ3n) is 4.40. The van der Waals surface area contributed by atoms with Gasteiger partial charge in [-0.15, -0.1) is 11.3 Å². The van der Waals surface area contributed by atoms with E-state index in [2.05, 4.69) is 10.3 Å². The van der Waals surface area contributed by atoms with E-state index in [-0.39, 0.29) is 17.8 Å². The van der Waals surface area contributed by atoms with Crippen LogP contribution in [0.4, 0.5) is 8.78 Å². The molecule has 4 aromatic rings. The second-order valence-electron chi connectivity index (χ2n) is 6.07. The third kappa shape index (κ3) is 3.21. The number of benzene rings is 2. The van der Waals surface area contributed by atoms with Crippen LogP contribution in [0.1, 0.15) is 16.1 Å². The molecule has 0 aliphatic rings. The van der Waals surface area contributed by atoms with Gasteiger partial charge in [-0.25, -0.2) is 13.8 Å². The summed E-state index contributed by atoms with van der Waals surface area (Å²) < 4.78 is 29.4. The number of amides is 1. The normalized spacial score (nSPS) is 11.1. The van der Waals surface area contributed by atoms with Crippen LogP contribution in [0.2, 0.25) is 0 Å². The van der Waals surface area contributed by atoms with Gasteiger partial charge < -0.3 is 9.88 Å². The van der Waals surface area contributed by atoms with Crippen molar-refractivity contribution in [2.45, 2.75) is 6.54 Å². The summed E-state index contributed by atoms with van der Waals surface area (Å²) in [7, 11) is 1.94. The van der Waals surface area contributed by atoms with Crippen molar-refractivity contribution in [3.8, 4) is 10.7 Å². The van der Waals surface area contributed by atoms with Crippen molar-refractivity contribution in [2.75, 3.05) is 0 Å². The van der Waals surface area contributed by atoms with Crippen LogP contribution < -0.4 is 5.32 Å². The lowest BCUT2D eigenvalue weighted by Crippen LogP contribution is -2.24. The van der Waals surface area contributed by atoms with Crippen LogP contribution in [0.3, 0.4) is 0 Å². The van der Waals surface area contributed by atoms with Crippen LogP contribution in [0.5, 0.6) is 0 Å². The van der Waals surface area contributed by atoms with Crippen LogP contribution in [0.25, 0.3) is 21.6 Å². The second-order valence-corrected chi connectivity index (χ2v) is 6.93. The van der Waals surface area contributed by atoms with E-state index in [0.717, 1.165) is 28.7 Å². The molecule has 0 unspecified atom stereocenters. The number of aromatic nitrogens is 2. The fraction of sp³-hybridized carbons (Fsp3) is 0.100. The highest BCUT2D eigenvalue weighted by Crippen LogP contribution is 2.29. The van der Waals surface area contributed by atoms with E-state index < -0.39 is 17.5 Å². The molecule has 4 rings (SSSR count). The molecule has 136 valence electrons. The molecular formula is C20H15F2N3OS. The first-order valence-corrected chi connectivity index (χ1v) is 9.14. The number of para-hydroxylation sites is 1. The van der Waals surface area contributed by atoms with E-state index in [1.807, 2.05) is 41.9 Å². The van der Waals surface area contributed by atoms with Gasteiger partial charge in [-0.3, -0.25) is 4.79 Å². The number of hydrogen-bond donors (Lipinski definition) is 1. The van der Waals surface area contributed by atoms with Gasteiger partial charge in [-0.1, -0.05) is 24.3 Å².